The highest BCUT2D eigenvalue weighted by atomic mass is 31.2. The number of phosphoric ester groups is 2. The van der Waals surface area contributed by atoms with Crippen molar-refractivity contribution in [3.63, 3.8) is 0 Å². The van der Waals surface area contributed by atoms with E-state index in [2.05, 4.69) is 65.8 Å². The van der Waals surface area contributed by atoms with Gasteiger partial charge in [-0.05, 0) is 63.2 Å². The van der Waals surface area contributed by atoms with Gasteiger partial charge in [0.15, 0.2) is 12.2 Å². The quantitative estimate of drug-likeness (QED) is 0.0169. The van der Waals surface area contributed by atoms with E-state index in [0.717, 1.165) is 127 Å². The van der Waals surface area contributed by atoms with Crippen molar-refractivity contribution in [2.24, 2.45) is 11.8 Å². The van der Waals surface area contributed by atoms with Crippen molar-refractivity contribution in [3.8, 4) is 0 Å². The van der Waals surface area contributed by atoms with Crippen LogP contribution in [0.15, 0.2) is 24.3 Å². The molecule has 0 aromatic carbocycles. The van der Waals surface area contributed by atoms with Crippen LogP contribution in [0.4, 0.5) is 0 Å². The molecular formula is C77H146O17P2. The highest BCUT2D eigenvalue weighted by molar-refractivity contribution is 7.47. The Morgan fingerprint density at radius 2 is 0.615 bits per heavy atom. The summed E-state index contributed by atoms with van der Waals surface area (Å²) in [6, 6.07) is 0. The largest absolute Gasteiger partial charge is 0.472 e. The average Bonchev–Trinajstić information content (AvgIpc) is 1.21. The lowest BCUT2D eigenvalue weighted by Crippen LogP contribution is -2.30. The van der Waals surface area contributed by atoms with E-state index in [4.69, 9.17) is 37.0 Å². The third-order valence-electron chi connectivity index (χ3n) is 17.7. The Hall–Kier alpha value is -2.46. The molecule has 0 spiro atoms. The van der Waals surface area contributed by atoms with Gasteiger partial charge in [0.05, 0.1) is 26.4 Å². The first-order valence-corrected chi connectivity index (χ1v) is 42.3. The van der Waals surface area contributed by atoms with Crippen LogP contribution in [-0.4, -0.2) is 96.7 Å². The van der Waals surface area contributed by atoms with Gasteiger partial charge in [0.2, 0.25) is 0 Å². The molecular weight excluding hydrogens is 1260 g/mol. The number of ether oxygens (including phenoxy) is 4. The number of hydrogen-bond donors (Lipinski definition) is 3. The zero-order valence-electron chi connectivity index (χ0n) is 62.2. The number of phosphoric acid groups is 2. The summed E-state index contributed by atoms with van der Waals surface area (Å²) in [5, 5.41) is 10.6. The number of carbonyl (C=O) groups excluding carboxylic acids is 4. The summed E-state index contributed by atoms with van der Waals surface area (Å²) < 4.78 is 68.5. The third kappa shape index (κ3) is 68.7. The maximum Gasteiger partial charge on any atom is 0.472 e. The molecule has 0 radical (unpaired) electrons. The third-order valence-corrected chi connectivity index (χ3v) is 19.6. The number of aliphatic hydroxyl groups excluding tert-OH is 1. The van der Waals surface area contributed by atoms with Crippen molar-refractivity contribution in [2.75, 3.05) is 39.6 Å². The standard InChI is InChI=1S/C77H146O17P2/c1-7-10-12-14-16-18-20-22-24-25-26-28-30-32-37-41-49-55-61-76(81)93-72(65-87-74(79)59-53-47-40-36-31-29-27-23-21-19-17-15-13-11-8-2)67-91-95(83,84)89-63-71(78)64-90-96(85,86)92-68-73(66-88-75(80)60-54-48-44-43-46-52-58-70(6)9-3)94-77(82)62-56-50-42-38-34-33-35-39-45-51-57-69(4)5/h19,21,23,27,69-73,78H,7-18,20,22,24-26,28-68H2,1-6H3,(H,83,84)(H,85,86)/b21-19-,27-23-/t70?,71-,72-,73-/m1/s1. The first kappa shape index (κ1) is 93.5. The van der Waals surface area contributed by atoms with Crippen molar-refractivity contribution in [1.29, 1.82) is 0 Å². The van der Waals surface area contributed by atoms with E-state index < -0.39 is 97.5 Å². The summed E-state index contributed by atoms with van der Waals surface area (Å²) in [4.78, 5) is 72.8. The second-order valence-electron chi connectivity index (χ2n) is 27.8. The normalized spacial score (nSPS) is 14.4. The average molecular weight is 1410 g/mol. The zero-order valence-corrected chi connectivity index (χ0v) is 63.9. The van der Waals surface area contributed by atoms with Crippen molar-refractivity contribution in [1.82, 2.24) is 0 Å². The van der Waals surface area contributed by atoms with E-state index >= 15 is 0 Å². The van der Waals surface area contributed by atoms with Gasteiger partial charge in [-0.3, -0.25) is 37.3 Å². The maximum absolute atomic E-state index is 13.1. The number of unbranched alkanes of at least 4 members (excludes halogenated alkanes) is 40. The van der Waals surface area contributed by atoms with Gasteiger partial charge < -0.3 is 33.8 Å². The lowest BCUT2D eigenvalue weighted by molar-refractivity contribution is -0.161. The molecule has 19 heteroatoms. The second-order valence-corrected chi connectivity index (χ2v) is 30.7. The Morgan fingerprint density at radius 3 is 0.938 bits per heavy atom. The molecule has 0 heterocycles. The molecule has 0 saturated heterocycles. The van der Waals surface area contributed by atoms with Crippen LogP contribution in [0.5, 0.6) is 0 Å². The molecule has 0 amide bonds. The van der Waals surface area contributed by atoms with E-state index in [1.54, 1.807) is 0 Å². The Labute approximate surface area is 586 Å². The van der Waals surface area contributed by atoms with Crippen molar-refractivity contribution in [2.45, 2.75) is 394 Å². The minimum atomic E-state index is -4.97. The monoisotopic (exact) mass is 1410 g/mol. The molecule has 17 nitrogen and oxygen atoms in total. The Kier molecular flexibility index (Phi) is 66.6. The summed E-state index contributed by atoms with van der Waals surface area (Å²) in [5.74, 6) is -0.667. The zero-order chi connectivity index (χ0) is 70.7. The van der Waals surface area contributed by atoms with E-state index in [-0.39, 0.29) is 25.7 Å². The molecule has 0 saturated carbocycles. The van der Waals surface area contributed by atoms with Gasteiger partial charge in [-0.15, -0.1) is 0 Å². The van der Waals surface area contributed by atoms with Gasteiger partial charge in [-0.1, -0.05) is 323 Å². The molecule has 0 bridgehead atoms. The van der Waals surface area contributed by atoms with Gasteiger partial charge in [0.1, 0.15) is 19.3 Å². The van der Waals surface area contributed by atoms with E-state index in [1.165, 1.54) is 167 Å². The van der Waals surface area contributed by atoms with Crippen molar-refractivity contribution >= 4 is 39.5 Å². The molecule has 3 N–H and O–H groups in total. The molecule has 0 aliphatic heterocycles. The smallest absolute Gasteiger partial charge is 0.462 e. The van der Waals surface area contributed by atoms with Crippen LogP contribution in [0.1, 0.15) is 375 Å². The first-order chi connectivity index (χ1) is 46.4. The van der Waals surface area contributed by atoms with Gasteiger partial charge >= 0.3 is 39.5 Å². The van der Waals surface area contributed by atoms with Crippen LogP contribution in [-0.2, 0) is 65.4 Å². The molecule has 0 aromatic heterocycles. The number of rotatable bonds is 74. The van der Waals surface area contributed by atoms with Crippen LogP contribution in [0.2, 0.25) is 0 Å². The van der Waals surface area contributed by atoms with Crippen LogP contribution >= 0.6 is 15.6 Å². The number of aliphatic hydroxyl groups is 1. The summed E-state index contributed by atoms with van der Waals surface area (Å²) in [6.45, 7) is 9.48. The predicted molar refractivity (Wildman–Crippen MR) is 391 cm³/mol. The highest BCUT2D eigenvalue weighted by Gasteiger charge is 2.30. The van der Waals surface area contributed by atoms with Crippen molar-refractivity contribution in [3.05, 3.63) is 24.3 Å². The molecule has 0 aliphatic rings. The minimum absolute atomic E-state index is 0.101. The summed E-state index contributed by atoms with van der Waals surface area (Å²) in [5.41, 5.74) is 0. The number of hydrogen-bond acceptors (Lipinski definition) is 15. The second kappa shape index (κ2) is 68.3. The minimum Gasteiger partial charge on any atom is -0.462 e. The maximum atomic E-state index is 13.1. The predicted octanol–water partition coefficient (Wildman–Crippen LogP) is 22.3. The summed E-state index contributed by atoms with van der Waals surface area (Å²) in [7, 11) is -9.92. The van der Waals surface area contributed by atoms with Crippen LogP contribution in [0.3, 0.4) is 0 Å². The number of esters is 4. The summed E-state index contributed by atoms with van der Waals surface area (Å²) >= 11 is 0. The lowest BCUT2D eigenvalue weighted by atomic mass is 10.00. The van der Waals surface area contributed by atoms with Crippen LogP contribution in [0, 0.1) is 11.8 Å². The van der Waals surface area contributed by atoms with E-state index in [9.17, 15) is 43.2 Å². The molecule has 3 unspecified atom stereocenters. The van der Waals surface area contributed by atoms with E-state index in [1.807, 2.05) is 0 Å². The number of allylic oxidation sites excluding steroid dienone is 4. The Bertz CT molecular complexity index is 1950. The molecule has 0 aliphatic carbocycles. The number of carbonyl (C=O) groups is 4. The lowest BCUT2D eigenvalue weighted by Gasteiger charge is -2.21. The summed E-state index contributed by atoms with van der Waals surface area (Å²) in [6.07, 6.45) is 59.1. The van der Waals surface area contributed by atoms with Gasteiger partial charge in [-0.25, -0.2) is 9.13 Å². The molecule has 0 aromatic rings. The van der Waals surface area contributed by atoms with Crippen LogP contribution < -0.4 is 0 Å². The highest BCUT2D eigenvalue weighted by Crippen LogP contribution is 2.45. The molecule has 0 fully saturated rings. The Morgan fingerprint density at radius 1 is 0.344 bits per heavy atom. The van der Waals surface area contributed by atoms with Crippen molar-refractivity contribution < 1.29 is 80.2 Å². The van der Waals surface area contributed by atoms with Gasteiger partial charge in [-0.2, -0.15) is 0 Å². The first-order valence-electron chi connectivity index (χ1n) is 39.3. The fourth-order valence-electron chi connectivity index (χ4n) is 11.3. The van der Waals surface area contributed by atoms with E-state index in [0.29, 0.717) is 25.7 Å². The molecule has 566 valence electrons. The van der Waals surface area contributed by atoms with Gasteiger partial charge in [0.25, 0.3) is 0 Å². The molecule has 6 atom stereocenters. The fourth-order valence-corrected chi connectivity index (χ4v) is 12.8. The fraction of sp³-hybridized carbons (Fsp3) is 0.896. The SMILES string of the molecule is CCCCCC/C=C\C=C/CCCCCCCC(=O)OC[C@H](COP(=O)(O)OC[C@@H](O)COP(=O)(O)OC[C@@H](COC(=O)CCCCCCCCC(C)CC)OC(=O)CCCCCCCCCCCCC(C)C)OC(=O)CCCCCCCCCCCCCCCCCCCC. The molecule has 96 heavy (non-hydrogen) atoms. The topological polar surface area (TPSA) is 237 Å². The molecule has 0 rings (SSSR count). The van der Waals surface area contributed by atoms with Crippen LogP contribution in [0.25, 0.3) is 0 Å². The Balaban J connectivity index is 5.28. The van der Waals surface area contributed by atoms with Gasteiger partial charge in [0, 0.05) is 25.7 Å².